The van der Waals surface area contributed by atoms with E-state index in [1.54, 1.807) is 0 Å². The first kappa shape index (κ1) is 29.3. The quantitative estimate of drug-likeness (QED) is 0.111. The number of carbonyl (C=O) groups excluding carboxylic acids is 4. The first-order chi connectivity index (χ1) is 16.1. The van der Waals surface area contributed by atoms with Gasteiger partial charge in [0.25, 0.3) is 0 Å². The summed E-state index contributed by atoms with van der Waals surface area (Å²) in [6.45, 7) is 0. The van der Waals surface area contributed by atoms with Crippen molar-refractivity contribution in [2.24, 2.45) is 11.5 Å². The first-order valence-corrected chi connectivity index (χ1v) is 12.4. The van der Waals surface area contributed by atoms with Gasteiger partial charge in [0.1, 0.15) is 18.1 Å². The summed E-state index contributed by atoms with van der Waals surface area (Å²) in [7, 11) is 0. The molecule has 0 saturated heterocycles. The topological polar surface area (TPSA) is 222 Å². The second-order valence-electron chi connectivity index (χ2n) is 7.38. The monoisotopic (exact) mass is 517 g/mol. The van der Waals surface area contributed by atoms with E-state index in [1.165, 1.54) is 24.3 Å². The number of carbonyl (C=O) groups is 5. The minimum absolute atomic E-state index is 0.0560. The number of thiol groups is 1. The molecule has 0 aliphatic carbocycles. The maximum atomic E-state index is 12.8. The van der Waals surface area contributed by atoms with E-state index in [2.05, 4.69) is 38.5 Å². The molecule has 190 valence electrons. The van der Waals surface area contributed by atoms with Gasteiger partial charge in [0.05, 0.1) is 12.4 Å². The molecule has 0 radical (unpaired) electrons. The number of hydrogen-bond donors (Lipinski definition) is 8. The van der Waals surface area contributed by atoms with Gasteiger partial charge in [-0.2, -0.15) is 24.4 Å². The molecule has 34 heavy (non-hydrogen) atoms. The summed E-state index contributed by atoms with van der Waals surface area (Å²) in [5, 5.41) is 16.7. The fourth-order valence-corrected chi connectivity index (χ4v) is 3.51. The molecule has 0 fully saturated rings. The number of rotatable bonds is 16. The van der Waals surface area contributed by atoms with Gasteiger partial charge in [-0.15, -0.1) is 0 Å². The average molecular weight is 518 g/mol. The van der Waals surface area contributed by atoms with Crippen molar-refractivity contribution < 1.29 is 29.1 Å². The Kier molecular flexibility index (Phi) is 13.1. The highest BCUT2D eigenvalue weighted by atomic mass is 32.2. The third-order valence-corrected chi connectivity index (χ3v) is 5.70. The number of hydrogen-bond acceptors (Lipinski definition) is 9. The van der Waals surface area contributed by atoms with Gasteiger partial charge in [0.15, 0.2) is 0 Å². The smallest absolute Gasteiger partial charge is 0.326 e. The number of primary amides is 1. The van der Waals surface area contributed by atoms with Crippen LogP contribution in [0.5, 0.6) is 0 Å². The molecule has 0 aromatic carbocycles. The van der Waals surface area contributed by atoms with Crippen LogP contribution in [0.15, 0.2) is 12.5 Å². The van der Waals surface area contributed by atoms with Crippen molar-refractivity contribution in [2.75, 3.05) is 17.8 Å². The fraction of sp³-hybridized carbons (Fsp3) is 0.579. The van der Waals surface area contributed by atoms with Gasteiger partial charge in [-0.05, 0) is 24.9 Å². The highest BCUT2D eigenvalue weighted by Gasteiger charge is 2.30. The number of amides is 4. The first-order valence-electron chi connectivity index (χ1n) is 10.3. The zero-order valence-electron chi connectivity index (χ0n) is 18.7. The Hall–Kier alpha value is -2.78. The molecule has 4 atom stereocenters. The molecule has 1 aromatic rings. The Morgan fingerprint density at radius 1 is 1.09 bits per heavy atom. The maximum Gasteiger partial charge on any atom is 0.326 e. The molecule has 9 N–H and O–H groups in total. The van der Waals surface area contributed by atoms with Crippen LogP contribution >= 0.6 is 24.4 Å². The van der Waals surface area contributed by atoms with Gasteiger partial charge in [0.2, 0.25) is 23.6 Å². The Labute approximate surface area is 206 Å². The molecule has 1 aromatic heterocycles. The van der Waals surface area contributed by atoms with Crippen LogP contribution in [0.2, 0.25) is 0 Å². The Balaban J connectivity index is 2.84. The number of nitrogens with zero attached hydrogens (tertiary/aromatic N) is 1. The summed E-state index contributed by atoms with van der Waals surface area (Å²) < 4.78 is 0. The van der Waals surface area contributed by atoms with Crippen LogP contribution in [0.3, 0.4) is 0 Å². The van der Waals surface area contributed by atoms with Gasteiger partial charge >= 0.3 is 5.97 Å². The lowest BCUT2D eigenvalue weighted by atomic mass is 10.1. The largest absolute Gasteiger partial charge is 0.480 e. The molecule has 0 aliphatic rings. The number of imidazole rings is 1. The number of aliphatic carboxylic acids is 1. The van der Waals surface area contributed by atoms with Gasteiger partial charge in [-0.25, -0.2) is 9.78 Å². The highest BCUT2D eigenvalue weighted by Crippen LogP contribution is 2.04. The summed E-state index contributed by atoms with van der Waals surface area (Å²) in [5.41, 5.74) is 11.5. The Morgan fingerprint density at radius 3 is 2.24 bits per heavy atom. The molecule has 1 rings (SSSR count). The number of aromatic amines is 1. The highest BCUT2D eigenvalue weighted by molar-refractivity contribution is 7.98. The average Bonchev–Trinajstić information content (AvgIpc) is 3.30. The summed E-state index contributed by atoms with van der Waals surface area (Å²) in [6.07, 6.45) is 4.68. The zero-order chi connectivity index (χ0) is 25.7. The Morgan fingerprint density at radius 2 is 1.71 bits per heavy atom. The van der Waals surface area contributed by atoms with Crippen molar-refractivity contribution in [1.82, 2.24) is 25.9 Å². The van der Waals surface area contributed by atoms with Crippen LogP contribution < -0.4 is 27.4 Å². The number of carboxylic acids is 1. The van der Waals surface area contributed by atoms with E-state index in [0.29, 0.717) is 17.9 Å². The second-order valence-corrected chi connectivity index (χ2v) is 8.73. The third-order valence-electron chi connectivity index (χ3n) is 4.69. The minimum Gasteiger partial charge on any atom is -0.480 e. The molecular formula is C19H31N7O6S2. The van der Waals surface area contributed by atoms with E-state index in [-0.39, 0.29) is 25.0 Å². The second kappa shape index (κ2) is 15.2. The van der Waals surface area contributed by atoms with Crippen LogP contribution in [0.25, 0.3) is 0 Å². The zero-order valence-corrected chi connectivity index (χ0v) is 20.4. The number of H-pyrrole nitrogens is 1. The number of carboxylic acid groups (broad SMARTS) is 1. The number of nitrogens with one attached hydrogen (secondary N) is 4. The van der Waals surface area contributed by atoms with E-state index < -0.39 is 53.8 Å². The van der Waals surface area contributed by atoms with Gasteiger partial charge in [0, 0.05) is 30.5 Å². The standard InChI is InChI=1S/C19H31N7O6S2/c1-34-5-4-11(20)16(28)24-12(2-3-15(21)27)17(29)26-14(8-33)18(30)25-13(19(31)32)6-10-7-22-9-23-10/h7,9,11-14,33H,2-6,8,20H2,1H3,(H2,21,27)(H,22,23)(H,24,28)(H,25,30)(H,26,29)(H,31,32). The van der Waals surface area contributed by atoms with E-state index in [4.69, 9.17) is 11.5 Å². The lowest BCUT2D eigenvalue weighted by Gasteiger charge is -2.24. The number of thioether (sulfide) groups is 1. The van der Waals surface area contributed by atoms with Crippen molar-refractivity contribution in [1.29, 1.82) is 0 Å². The predicted octanol–water partition coefficient (Wildman–Crippen LogP) is -2.23. The summed E-state index contributed by atoms with van der Waals surface area (Å²) in [5.74, 6) is -3.61. The van der Waals surface area contributed by atoms with E-state index in [9.17, 15) is 29.1 Å². The van der Waals surface area contributed by atoms with E-state index >= 15 is 0 Å². The number of aromatic nitrogens is 2. The molecule has 4 amide bonds. The molecule has 13 nitrogen and oxygen atoms in total. The lowest BCUT2D eigenvalue weighted by Crippen LogP contribution is -2.58. The van der Waals surface area contributed by atoms with Crippen molar-refractivity contribution in [3.63, 3.8) is 0 Å². The van der Waals surface area contributed by atoms with Crippen LogP contribution in [0.1, 0.15) is 25.0 Å². The van der Waals surface area contributed by atoms with E-state index in [1.807, 2.05) is 6.26 Å². The normalized spacial score (nSPS) is 14.3. The molecule has 0 spiro atoms. The molecule has 4 unspecified atom stereocenters. The van der Waals surface area contributed by atoms with Gasteiger partial charge in [-0.1, -0.05) is 0 Å². The third kappa shape index (κ3) is 10.4. The van der Waals surface area contributed by atoms with E-state index in [0.717, 1.165) is 0 Å². The maximum absolute atomic E-state index is 12.8. The molecule has 15 heteroatoms. The van der Waals surface area contributed by atoms with Crippen LogP contribution in [-0.4, -0.2) is 86.6 Å². The summed E-state index contributed by atoms with van der Waals surface area (Å²) >= 11 is 5.57. The molecule has 1 heterocycles. The van der Waals surface area contributed by atoms with Crippen LogP contribution in [-0.2, 0) is 30.4 Å². The predicted molar refractivity (Wildman–Crippen MR) is 129 cm³/mol. The van der Waals surface area contributed by atoms with Crippen molar-refractivity contribution in [3.05, 3.63) is 18.2 Å². The SMILES string of the molecule is CSCCC(N)C(=O)NC(CCC(N)=O)C(=O)NC(CS)C(=O)NC(Cc1cnc[nH]1)C(=O)O. The molecule has 0 saturated carbocycles. The van der Waals surface area contributed by atoms with Crippen LogP contribution in [0, 0.1) is 0 Å². The Bertz CT molecular complexity index is 839. The van der Waals surface area contributed by atoms with Gasteiger partial charge in [-0.3, -0.25) is 19.2 Å². The van der Waals surface area contributed by atoms with Crippen molar-refractivity contribution >= 4 is 54.0 Å². The molecule has 0 bridgehead atoms. The van der Waals surface area contributed by atoms with Gasteiger partial charge < -0.3 is 37.5 Å². The lowest BCUT2D eigenvalue weighted by molar-refractivity contribution is -0.142. The molecule has 0 aliphatic heterocycles. The molecular weight excluding hydrogens is 486 g/mol. The number of nitrogens with two attached hydrogens (primary N) is 2. The van der Waals surface area contributed by atoms with Crippen LogP contribution in [0.4, 0.5) is 0 Å². The van der Waals surface area contributed by atoms with Crippen molar-refractivity contribution in [3.8, 4) is 0 Å². The summed E-state index contributed by atoms with van der Waals surface area (Å²) in [6, 6.07) is -4.54. The minimum atomic E-state index is -1.29. The summed E-state index contributed by atoms with van der Waals surface area (Å²) in [4.78, 5) is 67.1. The fourth-order valence-electron chi connectivity index (χ4n) is 2.77. The van der Waals surface area contributed by atoms with Crippen molar-refractivity contribution in [2.45, 2.75) is 49.9 Å².